The molecule has 5 nitrogen and oxygen atoms in total. The van der Waals surface area contributed by atoms with Gasteiger partial charge in [0.25, 0.3) is 5.91 Å². The van der Waals surface area contributed by atoms with Crippen LogP contribution in [0.3, 0.4) is 0 Å². The third-order valence-corrected chi connectivity index (χ3v) is 3.70. The quantitative estimate of drug-likeness (QED) is 0.829. The number of amides is 1. The van der Waals surface area contributed by atoms with Gasteiger partial charge in [0.1, 0.15) is 0 Å². The highest BCUT2D eigenvalue weighted by atomic mass is 16.1. The van der Waals surface area contributed by atoms with Gasteiger partial charge in [-0.25, -0.2) is 4.68 Å². The van der Waals surface area contributed by atoms with Crippen molar-refractivity contribution in [1.29, 1.82) is 0 Å². The Balaban J connectivity index is 2.02. The number of hydrogen-bond acceptors (Lipinski definition) is 3. The first-order valence-corrected chi connectivity index (χ1v) is 7.17. The number of nitrogens with two attached hydrogens (primary N) is 1. The highest BCUT2D eigenvalue weighted by Crippen LogP contribution is 2.11. The van der Waals surface area contributed by atoms with E-state index in [1.54, 1.807) is 29.1 Å². The largest absolute Gasteiger partial charge is 0.399 e. The van der Waals surface area contributed by atoms with E-state index in [-0.39, 0.29) is 5.91 Å². The van der Waals surface area contributed by atoms with Gasteiger partial charge in [-0.15, -0.1) is 0 Å². The number of aromatic nitrogens is 2. The van der Waals surface area contributed by atoms with Crippen LogP contribution in [0.25, 0.3) is 5.69 Å². The van der Waals surface area contributed by atoms with Crippen LogP contribution in [0.5, 0.6) is 0 Å². The minimum atomic E-state index is -0.142. The fourth-order valence-electron chi connectivity index (χ4n) is 1.80. The van der Waals surface area contributed by atoms with Crippen LogP contribution in [0.1, 0.15) is 31.3 Å². The van der Waals surface area contributed by atoms with E-state index in [1.165, 1.54) is 0 Å². The minimum Gasteiger partial charge on any atom is -0.399 e. The Morgan fingerprint density at radius 3 is 2.52 bits per heavy atom. The second kappa shape index (κ2) is 6.43. The molecule has 5 heteroatoms. The van der Waals surface area contributed by atoms with Crippen LogP contribution in [-0.2, 0) is 0 Å². The van der Waals surface area contributed by atoms with Crippen LogP contribution in [0.2, 0.25) is 0 Å². The van der Waals surface area contributed by atoms with Gasteiger partial charge in [-0.2, -0.15) is 5.10 Å². The minimum absolute atomic E-state index is 0.142. The number of benzene rings is 1. The lowest BCUT2D eigenvalue weighted by atomic mass is 9.98. The van der Waals surface area contributed by atoms with Gasteiger partial charge >= 0.3 is 0 Å². The average molecular weight is 286 g/mol. The molecule has 1 aromatic heterocycles. The molecule has 0 saturated heterocycles. The number of carbonyl (C=O) groups is 1. The van der Waals surface area contributed by atoms with E-state index >= 15 is 0 Å². The van der Waals surface area contributed by atoms with Crippen molar-refractivity contribution in [2.45, 2.75) is 20.8 Å². The molecule has 21 heavy (non-hydrogen) atoms. The molecule has 2 aromatic rings. The zero-order valence-electron chi connectivity index (χ0n) is 12.7. The van der Waals surface area contributed by atoms with E-state index in [1.807, 2.05) is 12.1 Å². The summed E-state index contributed by atoms with van der Waals surface area (Å²) in [4.78, 5) is 12.1. The third kappa shape index (κ3) is 3.84. The van der Waals surface area contributed by atoms with Gasteiger partial charge in [-0.05, 0) is 42.2 Å². The molecule has 1 atom stereocenters. The van der Waals surface area contributed by atoms with Crippen molar-refractivity contribution in [3.8, 4) is 5.69 Å². The summed E-state index contributed by atoms with van der Waals surface area (Å²) in [5.74, 6) is 0.836. The van der Waals surface area contributed by atoms with Crippen molar-refractivity contribution in [3.63, 3.8) is 0 Å². The lowest BCUT2D eigenvalue weighted by Crippen LogP contribution is -2.30. The Bertz CT molecular complexity index is 601. The summed E-state index contributed by atoms with van der Waals surface area (Å²) >= 11 is 0. The molecule has 2 rings (SSSR count). The van der Waals surface area contributed by atoms with Crippen molar-refractivity contribution in [2.75, 3.05) is 12.3 Å². The molecule has 0 fully saturated rings. The number of anilines is 1. The Morgan fingerprint density at radius 2 is 1.90 bits per heavy atom. The highest BCUT2D eigenvalue weighted by Gasteiger charge is 2.13. The molecule has 3 N–H and O–H groups in total. The van der Waals surface area contributed by atoms with Crippen LogP contribution in [0, 0.1) is 11.8 Å². The predicted octanol–water partition coefficient (Wildman–Crippen LogP) is 2.48. The third-order valence-electron chi connectivity index (χ3n) is 3.70. The Kier molecular flexibility index (Phi) is 4.62. The van der Waals surface area contributed by atoms with Crippen LogP contribution >= 0.6 is 0 Å². The van der Waals surface area contributed by atoms with Gasteiger partial charge in [0, 0.05) is 18.4 Å². The molecule has 0 bridgehead atoms. The second-order valence-electron chi connectivity index (χ2n) is 5.67. The van der Waals surface area contributed by atoms with Gasteiger partial charge in [0.05, 0.1) is 5.69 Å². The Labute approximate surface area is 125 Å². The molecule has 0 radical (unpaired) electrons. The standard InChI is InChI=1S/C16H22N4O/c1-11(2)12(3)10-18-16(21)15-8-9-20(19-15)14-6-4-13(17)5-7-14/h4-9,11-12H,10,17H2,1-3H3,(H,18,21). The summed E-state index contributed by atoms with van der Waals surface area (Å²) < 4.78 is 1.67. The van der Waals surface area contributed by atoms with E-state index in [4.69, 9.17) is 5.73 Å². The maximum Gasteiger partial charge on any atom is 0.271 e. The highest BCUT2D eigenvalue weighted by molar-refractivity contribution is 5.92. The average Bonchev–Trinajstić information content (AvgIpc) is 2.94. The predicted molar refractivity (Wildman–Crippen MR) is 84.3 cm³/mol. The summed E-state index contributed by atoms with van der Waals surface area (Å²) in [5.41, 5.74) is 7.65. The molecule has 1 heterocycles. The number of rotatable bonds is 5. The van der Waals surface area contributed by atoms with Crippen molar-refractivity contribution in [2.24, 2.45) is 11.8 Å². The molecule has 0 saturated carbocycles. The van der Waals surface area contributed by atoms with Gasteiger partial charge < -0.3 is 11.1 Å². The van der Waals surface area contributed by atoms with E-state index < -0.39 is 0 Å². The van der Waals surface area contributed by atoms with Gasteiger partial charge in [-0.3, -0.25) is 4.79 Å². The van der Waals surface area contributed by atoms with Crippen LogP contribution in [-0.4, -0.2) is 22.2 Å². The number of nitrogen functional groups attached to an aromatic ring is 1. The zero-order valence-corrected chi connectivity index (χ0v) is 12.7. The van der Waals surface area contributed by atoms with Crippen LogP contribution < -0.4 is 11.1 Å². The van der Waals surface area contributed by atoms with E-state index in [0.717, 1.165) is 5.69 Å². The van der Waals surface area contributed by atoms with E-state index in [9.17, 15) is 4.79 Å². The molecular weight excluding hydrogens is 264 g/mol. The number of hydrogen-bond donors (Lipinski definition) is 2. The number of nitrogens with zero attached hydrogens (tertiary/aromatic N) is 2. The van der Waals surface area contributed by atoms with Gasteiger partial charge in [-0.1, -0.05) is 20.8 Å². The first-order valence-electron chi connectivity index (χ1n) is 7.17. The zero-order chi connectivity index (χ0) is 15.4. The fourth-order valence-corrected chi connectivity index (χ4v) is 1.80. The molecule has 112 valence electrons. The van der Waals surface area contributed by atoms with Gasteiger partial charge in [0.2, 0.25) is 0 Å². The summed E-state index contributed by atoms with van der Waals surface area (Å²) in [6.45, 7) is 7.07. The molecule has 0 aliphatic rings. The summed E-state index contributed by atoms with van der Waals surface area (Å²) in [5, 5.41) is 7.22. The number of carbonyl (C=O) groups excluding carboxylic acids is 1. The summed E-state index contributed by atoms with van der Waals surface area (Å²) in [7, 11) is 0. The smallest absolute Gasteiger partial charge is 0.271 e. The van der Waals surface area contributed by atoms with Crippen LogP contribution in [0.4, 0.5) is 5.69 Å². The lowest BCUT2D eigenvalue weighted by molar-refractivity contribution is 0.0939. The summed E-state index contributed by atoms with van der Waals surface area (Å²) in [6.07, 6.45) is 1.77. The molecule has 0 spiro atoms. The maximum absolute atomic E-state index is 12.1. The topological polar surface area (TPSA) is 72.9 Å². The van der Waals surface area contributed by atoms with E-state index in [2.05, 4.69) is 31.2 Å². The molecule has 1 unspecified atom stereocenters. The molecule has 1 aromatic carbocycles. The van der Waals surface area contributed by atoms with Crippen molar-refractivity contribution in [1.82, 2.24) is 15.1 Å². The van der Waals surface area contributed by atoms with E-state index in [0.29, 0.717) is 29.8 Å². The van der Waals surface area contributed by atoms with Crippen molar-refractivity contribution >= 4 is 11.6 Å². The molecule has 1 amide bonds. The monoisotopic (exact) mass is 286 g/mol. The fraction of sp³-hybridized carbons (Fsp3) is 0.375. The summed E-state index contributed by atoms with van der Waals surface area (Å²) in [6, 6.07) is 9.06. The molecule has 0 aliphatic carbocycles. The lowest BCUT2D eigenvalue weighted by Gasteiger charge is -2.15. The van der Waals surface area contributed by atoms with Crippen LogP contribution in [0.15, 0.2) is 36.5 Å². The Hall–Kier alpha value is -2.30. The first-order chi connectivity index (χ1) is 9.97. The first kappa shape index (κ1) is 15.1. The molecular formula is C16H22N4O. The maximum atomic E-state index is 12.1. The van der Waals surface area contributed by atoms with Crippen molar-refractivity contribution in [3.05, 3.63) is 42.2 Å². The normalized spacial score (nSPS) is 12.4. The second-order valence-corrected chi connectivity index (χ2v) is 5.67. The molecule has 0 aliphatic heterocycles. The van der Waals surface area contributed by atoms with Gasteiger partial charge in [0.15, 0.2) is 5.69 Å². The number of nitrogens with one attached hydrogen (secondary N) is 1. The Morgan fingerprint density at radius 1 is 1.24 bits per heavy atom. The van der Waals surface area contributed by atoms with Crippen molar-refractivity contribution < 1.29 is 4.79 Å². The SMILES string of the molecule is CC(C)C(C)CNC(=O)c1ccn(-c2ccc(N)cc2)n1.